The lowest BCUT2D eigenvalue weighted by Gasteiger charge is -2.35. The second kappa shape index (κ2) is 13.2. The molecule has 0 saturated heterocycles. The number of hydrogen-bond donors (Lipinski definition) is 0. The van der Waals surface area contributed by atoms with Crippen LogP contribution >= 0.6 is 21.6 Å². The zero-order chi connectivity index (χ0) is 18.6. The van der Waals surface area contributed by atoms with E-state index >= 15 is 0 Å². The molecule has 4 nitrogen and oxygen atoms in total. The predicted octanol–water partition coefficient (Wildman–Crippen LogP) is 5.29. The fourth-order valence-corrected chi connectivity index (χ4v) is 14.1. The van der Waals surface area contributed by atoms with Crippen LogP contribution < -0.4 is 0 Å². The van der Waals surface area contributed by atoms with Crippen LogP contribution in [0.2, 0.25) is 13.1 Å². The summed E-state index contributed by atoms with van der Waals surface area (Å²) in [4.78, 5) is 0.821. The Morgan fingerprint density at radius 3 is 1.17 bits per heavy atom. The van der Waals surface area contributed by atoms with Gasteiger partial charge in [-0.05, 0) is 25.9 Å². The Morgan fingerprint density at radius 2 is 0.958 bits per heavy atom. The van der Waals surface area contributed by atoms with Crippen molar-refractivity contribution in [1.29, 1.82) is 0 Å². The maximum Gasteiger partial charge on any atom is 0.348 e. The van der Waals surface area contributed by atoms with Crippen molar-refractivity contribution in [3.05, 3.63) is 0 Å². The zero-order valence-corrected chi connectivity index (χ0v) is 20.5. The Kier molecular flexibility index (Phi) is 13.7. The fourth-order valence-electron chi connectivity index (χ4n) is 2.40. The highest BCUT2D eigenvalue weighted by atomic mass is 33.1. The first-order valence-corrected chi connectivity index (χ1v) is 16.0. The van der Waals surface area contributed by atoms with Crippen molar-refractivity contribution in [2.45, 2.75) is 75.2 Å². The van der Waals surface area contributed by atoms with Crippen LogP contribution in [-0.2, 0) is 17.7 Å². The molecule has 0 aliphatic heterocycles. The number of rotatable bonds is 15. The van der Waals surface area contributed by atoms with Crippen molar-refractivity contribution in [2.24, 2.45) is 0 Å². The first kappa shape index (κ1) is 25.0. The third kappa shape index (κ3) is 7.69. The lowest BCUT2D eigenvalue weighted by molar-refractivity contribution is 0.245. The molecule has 0 heterocycles. The van der Waals surface area contributed by atoms with Crippen molar-refractivity contribution in [3.8, 4) is 0 Å². The van der Waals surface area contributed by atoms with Gasteiger partial charge in [0.05, 0.1) is 9.75 Å². The van der Waals surface area contributed by atoms with Crippen LogP contribution in [0.25, 0.3) is 0 Å². The molecule has 0 N–H and O–H groups in total. The summed E-state index contributed by atoms with van der Waals surface area (Å²) in [7, 11) is 6.70. The summed E-state index contributed by atoms with van der Waals surface area (Å²) in [5.41, 5.74) is 0. The second-order valence-electron chi connectivity index (χ2n) is 6.30. The van der Waals surface area contributed by atoms with Crippen LogP contribution in [0, 0.1) is 0 Å². The molecule has 0 bridgehead atoms. The van der Waals surface area contributed by atoms with Gasteiger partial charge in [-0.25, -0.2) is 0 Å². The van der Waals surface area contributed by atoms with E-state index in [1.54, 1.807) is 28.4 Å². The van der Waals surface area contributed by atoms with E-state index in [1.807, 2.05) is 21.6 Å². The molecule has 2 atom stereocenters. The minimum Gasteiger partial charge on any atom is -0.397 e. The van der Waals surface area contributed by atoms with Gasteiger partial charge in [-0.15, -0.1) is 0 Å². The summed E-state index contributed by atoms with van der Waals surface area (Å²) < 4.78 is 23.3. The molecule has 0 aromatic rings. The molecular weight excluding hydrogens is 376 g/mol. The van der Waals surface area contributed by atoms with E-state index < -0.39 is 17.1 Å². The molecule has 0 aliphatic carbocycles. The summed E-state index contributed by atoms with van der Waals surface area (Å²) in [6, 6.07) is 0. The van der Waals surface area contributed by atoms with Gasteiger partial charge in [0.25, 0.3) is 0 Å². The fraction of sp³-hybridized carbons (Fsp3) is 1.00. The molecule has 0 aromatic heterocycles. The average molecular weight is 415 g/mol. The third-order valence-electron chi connectivity index (χ3n) is 4.72. The molecule has 0 spiro atoms. The monoisotopic (exact) mass is 414 g/mol. The summed E-state index contributed by atoms with van der Waals surface area (Å²) in [6.07, 6.45) is 7.07. The maximum absolute atomic E-state index is 5.83. The van der Waals surface area contributed by atoms with E-state index in [0.29, 0.717) is 9.75 Å². The molecule has 0 amide bonds. The first-order valence-electron chi connectivity index (χ1n) is 8.90. The van der Waals surface area contributed by atoms with Gasteiger partial charge in [0, 0.05) is 28.4 Å². The van der Waals surface area contributed by atoms with Gasteiger partial charge in [0.15, 0.2) is 0 Å². The van der Waals surface area contributed by atoms with Crippen molar-refractivity contribution in [2.75, 3.05) is 28.4 Å². The molecule has 24 heavy (non-hydrogen) atoms. The Morgan fingerprint density at radius 1 is 0.667 bits per heavy atom. The maximum atomic E-state index is 5.83. The highest BCUT2D eigenvalue weighted by Crippen LogP contribution is 2.43. The zero-order valence-electron chi connectivity index (χ0n) is 16.8. The van der Waals surface area contributed by atoms with Gasteiger partial charge < -0.3 is 17.7 Å². The van der Waals surface area contributed by atoms with Crippen molar-refractivity contribution < 1.29 is 17.7 Å². The Labute approximate surface area is 160 Å². The van der Waals surface area contributed by atoms with Gasteiger partial charge >= 0.3 is 17.1 Å². The largest absolute Gasteiger partial charge is 0.397 e. The molecule has 0 fully saturated rings. The first-order chi connectivity index (χ1) is 11.4. The van der Waals surface area contributed by atoms with E-state index in [2.05, 4.69) is 26.9 Å². The lowest BCUT2D eigenvalue weighted by Crippen LogP contribution is -2.49. The van der Waals surface area contributed by atoms with Gasteiger partial charge in [-0.1, -0.05) is 61.1 Å². The van der Waals surface area contributed by atoms with E-state index in [4.69, 9.17) is 17.7 Å². The van der Waals surface area contributed by atoms with E-state index in [9.17, 15) is 0 Å². The van der Waals surface area contributed by atoms with Gasteiger partial charge in [0.1, 0.15) is 0 Å². The molecule has 146 valence electrons. The number of unbranched alkanes of at least 4 members (excludes halogenated alkanes) is 2. The van der Waals surface area contributed by atoms with Crippen molar-refractivity contribution in [1.82, 2.24) is 0 Å². The Bertz CT molecular complexity index is 286. The van der Waals surface area contributed by atoms with Crippen LogP contribution in [-0.4, -0.2) is 55.3 Å². The minimum absolute atomic E-state index is 0.411. The molecule has 0 saturated carbocycles. The van der Waals surface area contributed by atoms with Crippen molar-refractivity contribution in [3.63, 3.8) is 0 Å². The Balaban J connectivity index is 5.07. The lowest BCUT2D eigenvalue weighted by atomic mass is 10.3. The summed E-state index contributed by atoms with van der Waals surface area (Å²) >= 11 is 0. The van der Waals surface area contributed by atoms with Gasteiger partial charge in [-0.3, -0.25) is 0 Å². The number of hydrogen-bond acceptors (Lipinski definition) is 6. The van der Waals surface area contributed by atoms with Gasteiger partial charge in [0.2, 0.25) is 0 Å². The normalized spacial score (nSPS) is 15.5. The molecular formula is C16H38O4S2Si2. The topological polar surface area (TPSA) is 36.9 Å². The van der Waals surface area contributed by atoms with Crippen LogP contribution in [0.15, 0.2) is 0 Å². The molecule has 0 aliphatic rings. The smallest absolute Gasteiger partial charge is 0.348 e. The summed E-state index contributed by atoms with van der Waals surface area (Å²) in [5.74, 6) is 0. The predicted molar refractivity (Wildman–Crippen MR) is 113 cm³/mol. The summed E-state index contributed by atoms with van der Waals surface area (Å²) in [5, 5.41) is 0. The molecule has 0 rings (SSSR count). The Hall–Kier alpha value is 0.974. The van der Waals surface area contributed by atoms with Crippen LogP contribution in [0.5, 0.6) is 0 Å². The molecule has 2 unspecified atom stereocenters. The van der Waals surface area contributed by atoms with Crippen LogP contribution in [0.4, 0.5) is 0 Å². The highest BCUT2D eigenvalue weighted by Gasteiger charge is 2.44. The molecule has 0 aromatic carbocycles. The second-order valence-corrected chi connectivity index (χ2v) is 16.9. The quantitative estimate of drug-likeness (QED) is 0.267. The van der Waals surface area contributed by atoms with Crippen LogP contribution in [0.3, 0.4) is 0 Å². The molecule has 0 radical (unpaired) electrons. The standard InChI is InChI=1S/C16H38O4S2Si2/c1-9-11-13-15(23(7,17-3)18-4)21-22-16(14-12-10-2)24(8,19-5)20-6/h15-16H,9-14H2,1-8H3. The summed E-state index contributed by atoms with van der Waals surface area (Å²) in [6.45, 7) is 8.81. The third-order valence-corrected chi connectivity index (χ3v) is 18.0. The highest BCUT2D eigenvalue weighted by molar-refractivity contribution is 8.77. The van der Waals surface area contributed by atoms with Gasteiger partial charge in [-0.2, -0.15) is 0 Å². The minimum atomic E-state index is -2.17. The van der Waals surface area contributed by atoms with Crippen LogP contribution in [0.1, 0.15) is 52.4 Å². The van der Waals surface area contributed by atoms with E-state index in [1.165, 1.54) is 25.7 Å². The van der Waals surface area contributed by atoms with Crippen molar-refractivity contribution >= 4 is 38.7 Å². The molecule has 8 heteroatoms. The average Bonchev–Trinajstić information content (AvgIpc) is 2.62. The van der Waals surface area contributed by atoms with E-state index in [0.717, 1.165) is 12.8 Å². The van der Waals surface area contributed by atoms with E-state index in [-0.39, 0.29) is 0 Å². The SMILES string of the molecule is CCCCC(SSC(CCCC)[Si](C)(OC)OC)[Si](C)(OC)OC.